The highest BCUT2D eigenvalue weighted by Crippen LogP contribution is 2.23. The van der Waals surface area contributed by atoms with Gasteiger partial charge in [0, 0.05) is 26.1 Å². The average molecular weight is 170 g/mol. The molecule has 1 aliphatic carbocycles. The second kappa shape index (κ2) is 4.45. The average Bonchev–Trinajstić information content (AvgIpc) is 1.96. The lowest BCUT2D eigenvalue weighted by Crippen LogP contribution is -2.42. The zero-order valence-corrected chi connectivity index (χ0v) is 7.97. The van der Waals surface area contributed by atoms with Crippen molar-refractivity contribution in [3.05, 3.63) is 0 Å². The molecule has 1 fully saturated rings. The summed E-state index contributed by atoms with van der Waals surface area (Å²) in [6, 6.07) is 0.536. The number of rotatable bonds is 4. The van der Waals surface area contributed by atoms with Gasteiger partial charge < -0.3 is 10.2 Å². The van der Waals surface area contributed by atoms with Crippen LogP contribution < -0.4 is 5.32 Å². The molecule has 1 rings (SSSR count). The minimum Gasteiger partial charge on any atom is -0.343 e. The lowest BCUT2D eigenvalue weighted by Gasteiger charge is -2.34. The SMILES string of the molecule is CNCCC(=O)N(C)C1CCC1. The van der Waals surface area contributed by atoms with Gasteiger partial charge in [-0.15, -0.1) is 0 Å². The number of amides is 1. The Balaban J connectivity index is 2.20. The van der Waals surface area contributed by atoms with E-state index in [4.69, 9.17) is 0 Å². The maximum atomic E-state index is 11.4. The number of nitrogens with zero attached hydrogens (tertiary/aromatic N) is 1. The molecule has 0 heterocycles. The van der Waals surface area contributed by atoms with Crippen LogP contribution >= 0.6 is 0 Å². The predicted molar refractivity (Wildman–Crippen MR) is 49.0 cm³/mol. The fourth-order valence-corrected chi connectivity index (χ4v) is 1.39. The normalized spacial score (nSPS) is 17.2. The van der Waals surface area contributed by atoms with Gasteiger partial charge in [-0.05, 0) is 26.3 Å². The molecule has 12 heavy (non-hydrogen) atoms. The van der Waals surface area contributed by atoms with Crippen molar-refractivity contribution in [1.29, 1.82) is 0 Å². The summed E-state index contributed by atoms with van der Waals surface area (Å²) in [5, 5.41) is 2.98. The van der Waals surface area contributed by atoms with Crippen molar-refractivity contribution in [3.63, 3.8) is 0 Å². The van der Waals surface area contributed by atoms with Crippen LogP contribution in [0.2, 0.25) is 0 Å². The highest BCUT2D eigenvalue weighted by atomic mass is 16.2. The van der Waals surface area contributed by atoms with Crippen molar-refractivity contribution in [2.75, 3.05) is 20.6 Å². The molecule has 70 valence electrons. The van der Waals surface area contributed by atoms with E-state index in [1.54, 1.807) is 0 Å². The van der Waals surface area contributed by atoms with Crippen LogP contribution in [-0.4, -0.2) is 37.5 Å². The van der Waals surface area contributed by atoms with Gasteiger partial charge in [-0.1, -0.05) is 0 Å². The number of hydrogen-bond acceptors (Lipinski definition) is 2. The van der Waals surface area contributed by atoms with Crippen LogP contribution in [-0.2, 0) is 4.79 Å². The molecule has 1 aliphatic rings. The second-order valence-electron chi connectivity index (χ2n) is 3.44. The molecule has 0 unspecified atom stereocenters. The van der Waals surface area contributed by atoms with Crippen molar-refractivity contribution < 1.29 is 4.79 Å². The Bertz CT molecular complexity index is 155. The molecule has 0 spiro atoms. The maximum Gasteiger partial charge on any atom is 0.223 e. The Morgan fingerprint density at radius 1 is 1.58 bits per heavy atom. The summed E-state index contributed by atoms with van der Waals surface area (Å²) in [5.74, 6) is 0.272. The van der Waals surface area contributed by atoms with Gasteiger partial charge >= 0.3 is 0 Å². The summed E-state index contributed by atoms with van der Waals surface area (Å²) >= 11 is 0. The summed E-state index contributed by atoms with van der Waals surface area (Å²) in [7, 11) is 3.79. The standard InChI is InChI=1S/C9H18N2O/c1-10-7-6-9(12)11(2)8-4-3-5-8/h8,10H,3-7H2,1-2H3. The lowest BCUT2D eigenvalue weighted by atomic mass is 9.92. The summed E-state index contributed by atoms with van der Waals surface area (Å²) in [5.41, 5.74) is 0. The fraction of sp³-hybridized carbons (Fsp3) is 0.889. The zero-order valence-electron chi connectivity index (χ0n) is 7.97. The summed E-state index contributed by atoms with van der Waals surface area (Å²) < 4.78 is 0. The monoisotopic (exact) mass is 170 g/mol. The molecular weight excluding hydrogens is 152 g/mol. The maximum absolute atomic E-state index is 11.4. The number of carbonyl (C=O) groups is 1. The molecule has 3 heteroatoms. The third-order valence-corrected chi connectivity index (χ3v) is 2.60. The van der Waals surface area contributed by atoms with Gasteiger partial charge in [0.25, 0.3) is 0 Å². The van der Waals surface area contributed by atoms with E-state index >= 15 is 0 Å². The lowest BCUT2D eigenvalue weighted by molar-refractivity contribution is -0.133. The predicted octanol–water partition coefficient (Wildman–Crippen LogP) is 0.607. The Morgan fingerprint density at radius 2 is 2.25 bits per heavy atom. The number of hydrogen-bond donors (Lipinski definition) is 1. The summed E-state index contributed by atoms with van der Waals surface area (Å²) in [6.45, 7) is 0.788. The first-order valence-corrected chi connectivity index (χ1v) is 4.66. The minimum atomic E-state index is 0.272. The van der Waals surface area contributed by atoms with Crippen LogP contribution in [0.1, 0.15) is 25.7 Å². The van der Waals surface area contributed by atoms with Crippen LogP contribution in [0.4, 0.5) is 0 Å². The van der Waals surface area contributed by atoms with Gasteiger partial charge in [-0.2, -0.15) is 0 Å². The zero-order chi connectivity index (χ0) is 8.97. The fourth-order valence-electron chi connectivity index (χ4n) is 1.39. The minimum absolute atomic E-state index is 0.272. The molecule has 0 saturated heterocycles. The van der Waals surface area contributed by atoms with Gasteiger partial charge in [0.15, 0.2) is 0 Å². The summed E-state index contributed by atoms with van der Waals surface area (Å²) in [4.78, 5) is 13.3. The molecule has 0 bridgehead atoms. The van der Waals surface area contributed by atoms with E-state index in [0.29, 0.717) is 12.5 Å². The van der Waals surface area contributed by atoms with Gasteiger partial charge in [0.2, 0.25) is 5.91 Å². The Morgan fingerprint density at radius 3 is 2.67 bits per heavy atom. The van der Waals surface area contributed by atoms with Crippen LogP contribution in [0.3, 0.4) is 0 Å². The molecule has 0 aliphatic heterocycles. The van der Waals surface area contributed by atoms with E-state index in [0.717, 1.165) is 6.54 Å². The Labute approximate surface area is 74.1 Å². The first-order valence-electron chi connectivity index (χ1n) is 4.66. The van der Waals surface area contributed by atoms with Crippen molar-refractivity contribution in [3.8, 4) is 0 Å². The molecular formula is C9H18N2O. The molecule has 0 radical (unpaired) electrons. The van der Waals surface area contributed by atoms with Crippen molar-refractivity contribution >= 4 is 5.91 Å². The van der Waals surface area contributed by atoms with Gasteiger partial charge in [0.05, 0.1) is 0 Å². The highest BCUT2D eigenvalue weighted by Gasteiger charge is 2.24. The third-order valence-electron chi connectivity index (χ3n) is 2.60. The van der Waals surface area contributed by atoms with Crippen LogP contribution in [0.5, 0.6) is 0 Å². The molecule has 0 aromatic heterocycles. The number of nitrogens with one attached hydrogen (secondary N) is 1. The molecule has 1 N–H and O–H groups in total. The first kappa shape index (κ1) is 9.52. The quantitative estimate of drug-likeness (QED) is 0.670. The van der Waals surface area contributed by atoms with Crippen molar-refractivity contribution in [1.82, 2.24) is 10.2 Å². The van der Waals surface area contributed by atoms with E-state index in [1.165, 1.54) is 19.3 Å². The Kier molecular flexibility index (Phi) is 3.53. The number of carbonyl (C=O) groups excluding carboxylic acids is 1. The highest BCUT2D eigenvalue weighted by molar-refractivity contribution is 5.76. The van der Waals surface area contributed by atoms with Gasteiger partial charge in [0.1, 0.15) is 0 Å². The summed E-state index contributed by atoms with van der Waals surface area (Å²) in [6.07, 6.45) is 4.31. The first-order chi connectivity index (χ1) is 5.75. The Hall–Kier alpha value is -0.570. The van der Waals surface area contributed by atoms with Gasteiger partial charge in [-0.25, -0.2) is 0 Å². The van der Waals surface area contributed by atoms with Crippen molar-refractivity contribution in [2.24, 2.45) is 0 Å². The smallest absolute Gasteiger partial charge is 0.223 e. The third kappa shape index (κ3) is 2.21. The molecule has 1 amide bonds. The largest absolute Gasteiger partial charge is 0.343 e. The van der Waals surface area contributed by atoms with E-state index in [2.05, 4.69) is 5.32 Å². The second-order valence-corrected chi connectivity index (χ2v) is 3.44. The van der Waals surface area contributed by atoms with E-state index < -0.39 is 0 Å². The van der Waals surface area contributed by atoms with E-state index in [1.807, 2.05) is 19.0 Å². The van der Waals surface area contributed by atoms with Crippen LogP contribution in [0, 0.1) is 0 Å². The van der Waals surface area contributed by atoms with Crippen molar-refractivity contribution in [2.45, 2.75) is 31.7 Å². The van der Waals surface area contributed by atoms with E-state index in [-0.39, 0.29) is 5.91 Å². The molecule has 3 nitrogen and oxygen atoms in total. The molecule has 0 aromatic rings. The molecule has 0 atom stereocenters. The van der Waals surface area contributed by atoms with Crippen LogP contribution in [0.15, 0.2) is 0 Å². The molecule has 1 saturated carbocycles. The van der Waals surface area contributed by atoms with Crippen LogP contribution in [0.25, 0.3) is 0 Å². The topological polar surface area (TPSA) is 32.3 Å². The molecule has 0 aromatic carbocycles. The van der Waals surface area contributed by atoms with Gasteiger partial charge in [-0.3, -0.25) is 4.79 Å². The van der Waals surface area contributed by atoms with E-state index in [9.17, 15) is 4.79 Å².